The molecule has 0 fully saturated rings. The van der Waals surface area contributed by atoms with Crippen LogP contribution in [0.2, 0.25) is 0 Å². The first-order valence-electron chi connectivity index (χ1n) is 8.88. The molecule has 0 aliphatic heterocycles. The van der Waals surface area contributed by atoms with Crippen molar-refractivity contribution in [1.82, 2.24) is 14.5 Å². The molecule has 2 aromatic carbocycles. The fraction of sp³-hybridized carbons (Fsp3) is 0.130. The smallest absolute Gasteiger partial charge is 0.123 e. The van der Waals surface area contributed by atoms with Crippen molar-refractivity contribution in [2.24, 2.45) is 7.05 Å². The van der Waals surface area contributed by atoms with E-state index < -0.39 is 6.10 Å². The summed E-state index contributed by atoms with van der Waals surface area (Å²) in [5.74, 6) is 5.39. The maximum atomic E-state index is 13.3. The molecule has 1 N–H and O–H groups in total. The zero-order valence-corrected chi connectivity index (χ0v) is 15.5. The zero-order chi connectivity index (χ0) is 19.7. The highest BCUT2D eigenvalue weighted by Crippen LogP contribution is 2.32. The number of aromatic nitrogens is 3. The van der Waals surface area contributed by atoms with Crippen molar-refractivity contribution in [3.8, 4) is 34.4 Å². The number of rotatable bonds is 2. The van der Waals surface area contributed by atoms with Crippen LogP contribution < -0.4 is 0 Å². The van der Waals surface area contributed by atoms with Crippen LogP contribution in [0, 0.1) is 17.7 Å². The number of aryl methyl sites for hydroxylation is 1. The lowest BCUT2D eigenvalue weighted by molar-refractivity contribution is 0.253. The maximum absolute atomic E-state index is 13.3. The van der Waals surface area contributed by atoms with E-state index in [0.29, 0.717) is 0 Å². The van der Waals surface area contributed by atoms with Crippen LogP contribution >= 0.6 is 0 Å². The van der Waals surface area contributed by atoms with Gasteiger partial charge in [0, 0.05) is 35.3 Å². The van der Waals surface area contributed by atoms with Gasteiger partial charge in [0.1, 0.15) is 11.9 Å². The van der Waals surface area contributed by atoms with Crippen molar-refractivity contribution in [1.29, 1.82) is 0 Å². The van der Waals surface area contributed by atoms with Crippen LogP contribution in [0.4, 0.5) is 4.39 Å². The Balaban J connectivity index is 1.82. The van der Waals surface area contributed by atoms with Crippen molar-refractivity contribution in [3.05, 3.63) is 72.4 Å². The predicted molar refractivity (Wildman–Crippen MR) is 108 cm³/mol. The number of nitrogens with zero attached hydrogens (tertiary/aromatic N) is 3. The van der Waals surface area contributed by atoms with Crippen molar-refractivity contribution in [2.75, 3.05) is 0 Å². The highest BCUT2D eigenvalue weighted by Gasteiger charge is 2.14. The van der Waals surface area contributed by atoms with Crippen LogP contribution in [0.25, 0.3) is 33.4 Å². The fourth-order valence-corrected chi connectivity index (χ4v) is 3.12. The predicted octanol–water partition coefficient (Wildman–Crippen LogP) is 4.17. The molecule has 2 heterocycles. The zero-order valence-electron chi connectivity index (χ0n) is 15.5. The Morgan fingerprint density at radius 2 is 1.79 bits per heavy atom. The third-order valence-corrected chi connectivity index (χ3v) is 4.43. The molecule has 0 unspecified atom stereocenters. The van der Waals surface area contributed by atoms with E-state index in [9.17, 15) is 9.50 Å². The van der Waals surface area contributed by atoms with Gasteiger partial charge in [-0.25, -0.2) is 9.37 Å². The summed E-state index contributed by atoms with van der Waals surface area (Å²) in [6.07, 6.45) is 2.77. The number of halogens is 1. The number of fused-ring (bicyclic) bond motifs is 1. The second-order valence-corrected chi connectivity index (χ2v) is 6.64. The summed E-state index contributed by atoms with van der Waals surface area (Å²) in [6, 6.07) is 14.3. The lowest BCUT2D eigenvalue weighted by atomic mass is 10.0. The van der Waals surface area contributed by atoms with E-state index in [1.807, 2.05) is 35.9 Å². The molecule has 0 saturated carbocycles. The molecule has 4 aromatic rings. The fourth-order valence-electron chi connectivity index (χ4n) is 3.12. The number of hydrogen-bond donors (Lipinski definition) is 1. The topological polar surface area (TPSA) is 50.9 Å². The first kappa shape index (κ1) is 17.9. The van der Waals surface area contributed by atoms with Crippen molar-refractivity contribution in [2.45, 2.75) is 13.0 Å². The number of aliphatic hydroxyl groups excluding tert-OH is 1. The lowest BCUT2D eigenvalue weighted by Gasteiger charge is -2.08. The molecule has 28 heavy (non-hydrogen) atoms. The molecule has 1 atom stereocenters. The van der Waals surface area contributed by atoms with Gasteiger partial charge in [0.15, 0.2) is 0 Å². The van der Waals surface area contributed by atoms with Gasteiger partial charge in [0.05, 0.1) is 23.2 Å². The van der Waals surface area contributed by atoms with Gasteiger partial charge in [-0.2, -0.15) is 0 Å². The summed E-state index contributed by atoms with van der Waals surface area (Å²) < 4.78 is 15.2. The molecule has 4 nitrogen and oxygen atoms in total. The summed E-state index contributed by atoms with van der Waals surface area (Å²) in [6.45, 7) is 1.62. The monoisotopic (exact) mass is 371 g/mol. The minimum Gasteiger partial charge on any atom is -0.381 e. The quantitative estimate of drug-likeness (QED) is 0.538. The molecular formula is C23H18FN3O. The van der Waals surface area contributed by atoms with Gasteiger partial charge in [-0.15, -0.1) is 0 Å². The van der Waals surface area contributed by atoms with Crippen LogP contribution in [0.15, 0.2) is 61.1 Å². The van der Waals surface area contributed by atoms with Crippen LogP contribution in [0.3, 0.4) is 0 Å². The Kier molecular flexibility index (Phi) is 4.64. The SMILES string of the molecule is C[C@H](O)C#Cc1cnc2ccc(-c3c(-c4ccc(F)cc4)ncn3C)cc2c1. The molecule has 0 radical (unpaired) electrons. The Morgan fingerprint density at radius 3 is 2.54 bits per heavy atom. The van der Waals surface area contributed by atoms with Crippen molar-refractivity contribution in [3.63, 3.8) is 0 Å². The van der Waals surface area contributed by atoms with Crippen molar-refractivity contribution < 1.29 is 9.50 Å². The molecule has 0 spiro atoms. The molecule has 0 amide bonds. The van der Waals surface area contributed by atoms with E-state index in [2.05, 4.69) is 21.8 Å². The average molecular weight is 371 g/mol. The Labute approximate surface area is 162 Å². The Bertz CT molecular complexity index is 1210. The molecule has 2 aromatic heterocycles. The summed E-state index contributed by atoms with van der Waals surface area (Å²) in [7, 11) is 1.93. The largest absolute Gasteiger partial charge is 0.381 e. The molecule has 138 valence electrons. The first-order chi connectivity index (χ1) is 13.5. The number of imidazole rings is 1. The van der Waals surface area contributed by atoms with Crippen molar-refractivity contribution >= 4 is 10.9 Å². The second kappa shape index (κ2) is 7.26. The van der Waals surface area contributed by atoms with E-state index in [0.717, 1.165) is 39.0 Å². The van der Waals surface area contributed by atoms with Crippen LogP contribution in [-0.4, -0.2) is 25.7 Å². The minimum absolute atomic E-state index is 0.274. The molecular weight excluding hydrogens is 353 g/mol. The van der Waals surface area contributed by atoms with Crippen LogP contribution in [0.5, 0.6) is 0 Å². The average Bonchev–Trinajstić information content (AvgIpc) is 3.07. The number of benzene rings is 2. The standard InChI is InChI=1S/C23H18FN3O/c1-15(28)3-4-16-11-19-12-18(7-10-21(19)25-13-16)23-22(26-14-27(23)2)17-5-8-20(24)9-6-17/h5-15,28H,1-2H3/t15-/m0/s1. The molecule has 0 aliphatic rings. The number of hydrogen-bond acceptors (Lipinski definition) is 3. The lowest BCUT2D eigenvalue weighted by Crippen LogP contribution is -1.94. The number of pyridine rings is 1. The summed E-state index contributed by atoms with van der Waals surface area (Å²) in [5, 5.41) is 10.3. The first-order valence-corrected chi connectivity index (χ1v) is 8.88. The summed E-state index contributed by atoms with van der Waals surface area (Å²) >= 11 is 0. The molecule has 0 aliphatic carbocycles. The highest BCUT2D eigenvalue weighted by atomic mass is 19.1. The molecule has 4 rings (SSSR count). The Morgan fingerprint density at radius 1 is 1.04 bits per heavy atom. The second-order valence-electron chi connectivity index (χ2n) is 6.64. The van der Waals surface area contributed by atoms with E-state index >= 15 is 0 Å². The minimum atomic E-state index is -0.685. The van der Waals surface area contributed by atoms with Gasteiger partial charge in [-0.05, 0) is 49.4 Å². The molecule has 0 bridgehead atoms. The van der Waals surface area contributed by atoms with Gasteiger partial charge in [0.2, 0.25) is 0 Å². The van der Waals surface area contributed by atoms with Gasteiger partial charge in [-0.3, -0.25) is 4.98 Å². The summed E-state index contributed by atoms with van der Waals surface area (Å²) in [4.78, 5) is 8.96. The van der Waals surface area contributed by atoms with Gasteiger partial charge in [0.25, 0.3) is 0 Å². The molecule has 0 saturated heterocycles. The third-order valence-electron chi connectivity index (χ3n) is 4.43. The van der Waals surface area contributed by atoms with E-state index in [-0.39, 0.29) is 5.82 Å². The van der Waals surface area contributed by atoms with Crippen LogP contribution in [-0.2, 0) is 7.05 Å². The normalized spacial score (nSPS) is 11.9. The van der Waals surface area contributed by atoms with Gasteiger partial charge < -0.3 is 9.67 Å². The highest BCUT2D eigenvalue weighted by molar-refractivity contribution is 5.88. The summed E-state index contributed by atoms with van der Waals surface area (Å²) in [5.41, 5.74) is 5.17. The Hall–Kier alpha value is -3.49. The van der Waals surface area contributed by atoms with E-state index in [1.165, 1.54) is 12.1 Å². The third kappa shape index (κ3) is 3.51. The number of aliphatic hydroxyl groups is 1. The molecule has 5 heteroatoms. The van der Waals surface area contributed by atoms with Gasteiger partial charge in [-0.1, -0.05) is 17.9 Å². The van der Waals surface area contributed by atoms with E-state index in [1.54, 1.807) is 31.6 Å². The van der Waals surface area contributed by atoms with Crippen LogP contribution in [0.1, 0.15) is 12.5 Å². The van der Waals surface area contributed by atoms with Gasteiger partial charge >= 0.3 is 0 Å². The van der Waals surface area contributed by atoms with E-state index in [4.69, 9.17) is 0 Å². The maximum Gasteiger partial charge on any atom is 0.123 e.